The molecule has 0 bridgehead atoms. The normalized spacial score (nSPS) is 11.6. The molecule has 2 aromatic carbocycles. The van der Waals surface area contributed by atoms with Crippen LogP contribution >= 0.6 is 0 Å². The van der Waals surface area contributed by atoms with Gasteiger partial charge in [0.2, 0.25) is 5.91 Å². The Balaban J connectivity index is 1.46. The predicted octanol–water partition coefficient (Wildman–Crippen LogP) is 4.50. The van der Waals surface area contributed by atoms with Gasteiger partial charge in [0.15, 0.2) is 5.76 Å². The van der Waals surface area contributed by atoms with E-state index in [1.807, 2.05) is 30.3 Å². The Morgan fingerprint density at radius 3 is 2.40 bits per heavy atom. The summed E-state index contributed by atoms with van der Waals surface area (Å²) in [6, 6.07) is 22.0. The maximum Gasteiger partial charge on any atom is 0.267 e. The summed E-state index contributed by atoms with van der Waals surface area (Å²) in [7, 11) is 0. The lowest BCUT2D eigenvalue weighted by Crippen LogP contribution is -2.33. The summed E-state index contributed by atoms with van der Waals surface area (Å²) in [5.41, 5.74) is 0.684. The molecule has 0 aliphatic rings. The highest BCUT2D eigenvalue weighted by atomic mass is 16.5. The largest absolute Gasteiger partial charge is 0.463 e. The van der Waals surface area contributed by atoms with Crippen molar-refractivity contribution >= 4 is 11.6 Å². The smallest absolute Gasteiger partial charge is 0.267 e. The predicted molar refractivity (Wildman–Crippen MR) is 112 cm³/mol. The van der Waals surface area contributed by atoms with Crippen molar-refractivity contribution in [2.24, 2.45) is 0 Å². The second-order valence-corrected chi connectivity index (χ2v) is 6.58. The van der Waals surface area contributed by atoms with E-state index >= 15 is 0 Å². The van der Waals surface area contributed by atoms with Crippen molar-refractivity contribution in [2.75, 3.05) is 5.32 Å². The summed E-state index contributed by atoms with van der Waals surface area (Å²) >= 11 is 0. The van der Waals surface area contributed by atoms with E-state index in [9.17, 15) is 9.59 Å². The number of benzene rings is 2. The fourth-order valence-corrected chi connectivity index (χ4v) is 2.85. The minimum absolute atomic E-state index is 0.363. The molecular weight excluding hydrogens is 382 g/mol. The molecule has 0 saturated heterocycles. The number of aromatic nitrogens is 2. The van der Waals surface area contributed by atoms with Crippen LogP contribution < -0.4 is 15.6 Å². The Morgan fingerprint density at radius 2 is 1.70 bits per heavy atom. The van der Waals surface area contributed by atoms with Crippen molar-refractivity contribution in [3.8, 4) is 23.0 Å². The van der Waals surface area contributed by atoms with Crippen LogP contribution in [-0.4, -0.2) is 15.7 Å². The van der Waals surface area contributed by atoms with Gasteiger partial charge in [0.05, 0.1) is 6.26 Å². The molecule has 1 unspecified atom stereocenters. The summed E-state index contributed by atoms with van der Waals surface area (Å²) < 4.78 is 12.2. The average molecular weight is 401 g/mol. The van der Waals surface area contributed by atoms with E-state index in [0.717, 1.165) is 10.4 Å². The first-order valence-corrected chi connectivity index (χ1v) is 9.38. The van der Waals surface area contributed by atoms with Crippen molar-refractivity contribution in [3.05, 3.63) is 95.5 Å². The van der Waals surface area contributed by atoms with Gasteiger partial charge in [0.25, 0.3) is 5.56 Å². The van der Waals surface area contributed by atoms with Crippen molar-refractivity contribution < 1.29 is 13.9 Å². The standard InChI is InChI=1S/C23H19N3O4/c1-16(26-22(27)14-13-20(25-26)21-8-5-15-29-21)23(28)24-17-9-11-19(12-10-17)30-18-6-3-2-4-7-18/h2-16H,1H3,(H,24,28). The number of amides is 1. The first-order valence-electron chi connectivity index (χ1n) is 9.38. The van der Waals surface area contributed by atoms with Gasteiger partial charge in [-0.05, 0) is 61.5 Å². The van der Waals surface area contributed by atoms with Crippen LogP contribution in [0.1, 0.15) is 13.0 Å². The molecule has 0 radical (unpaired) electrons. The van der Waals surface area contributed by atoms with Crippen LogP contribution in [0, 0.1) is 0 Å². The Morgan fingerprint density at radius 1 is 0.967 bits per heavy atom. The number of para-hydroxylation sites is 1. The lowest BCUT2D eigenvalue weighted by Gasteiger charge is -2.15. The second kappa shape index (κ2) is 8.48. The van der Waals surface area contributed by atoms with Gasteiger partial charge in [0, 0.05) is 11.8 Å². The van der Waals surface area contributed by atoms with E-state index in [2.05, 4.69) is 10.4 Å². The zero-order valence-electron chi connectivity index (χ0n) is 16.2. The van der Waals surface area contributed by atoms with Crippen molar-refractivity contribution in [1.29, 1.82) is 0 Å². The number of carbonyl (C=O) groups is 1. The lowest BCUT2D eigenvalue weighted by molar-refractivity contribution is -0.119. The minimum Gasteiger partial charge on any atom is -0.463 e. The molecule has 0 aliphatic carbocycles. The molecule has 7 heteroatoms. The van der Waals surface area contributed by atoms with Gasteiger partial charge in [-0.3, -0.25) is 9.59 Å². The number of anilines is 1. The molecule has 2 heterocycles. The molecule has 0 aliphatic heterocycles. The molecule has 30 heavy (non-hydrogen) atoms. The van der Waals surface area contributed by atoms with Gasteiger partial charge in [0.1, 0.15) is 23.2 Å². The molecule has 0 saturated carbocycles. The van der Waals surface area contributed by atoms with Gasteiger partial charge in [-0.1, -0.05) is 18.2 Å². The SMILES string of the molecule is CC(C(=O)Nc1ccc(Oc2ccccc2)cc1)n1nc(-c2ccco2)ccc1=O. The average Bonchev–Trinajstić information content (AvgIpc) is 3.31. The van der Waals surface area contributed by atoms with Gasteiger partial charge in [-0.2, -0.15) is 5.10 Å². The monoisotopic (exact) mass is 401 g/mol. The molecule has 4 rings (SSSR count). The molecule has 150 valence electrons. The summed E-state index contributed by atoms with van der Waals surface area (Å²) in [6.07, 6.45) is 1.52. The van der Waals surface area contributed by atoms with Crippen LogP contribution in [0.3, 0.4) is 0 Å². The number of rotatable bonds is 6. The minimum atomic E-state index is -0.812. The quantitative estimate of drug-likeness (QED) is 0.514. The van der Waals surface area contributed by atoms with E-state index in [0.29, 0.717) is 22.9 Å². The van der Waals surface area contributed by atoms with E-state index in [-0.39, 0.29) is 11.5 Å². The molecule has 0 spiro atoms. The van der Waals surface area contributed by atoms with Crippen LogP contribution in [0.15, 0.2) is 94.3 Å². The van der Waals surface area contributed by atoms with Crippen LogP contribution in [0.4, 0.5) is 5.69 Å². The molecule has 4 aromatic rings. The molecule has 1 amide bonds. The van der Waals surface area contributed by atoms with Crippen LogP contribution in [-0.2, 0) is 4.79 Å². The zero-order valence-corrected chi connectivity index (χ0v) is 16.2. The number of nitrogens with zero attached hydrogens (tertiary/aromatic N) is 2. The number of hydrogen-bond acceptors (Lipinski definition) is 5. The lowest BCUT2D eigenvalue weighted by atomic mass is 10.2. The Bertz CT molecular complexity index is 1180. The Labute approximate surface area is 172 Å². The topological polar surface area (TPSA) is 86.4 Å². The zero-order chi connectivity index (χ0) is 20.9. The third-order valence-corrected chi connectivity index (χ3v) is 4.45. The summed E-state index contributed by atoms with van der Waals surface area (Å²) in [6.45, 7) is 1.61. The van der Waals surface area contributed by atoms with Gasteiger partial charge < -0.3 is 14.5 Å². The third-order valence-electron chi connectivity index (χ3n) is 4.45. The third kappa shape index (κ3) is 4.30. The molecule has 7 nitrogen and oxygen atoms in total. The van der Waals surface area contributed by atoms with E-state index in [4.69, 9.17) is 9.15 Å². The summed E-state index contributed by atoms with van der Waals surface area (Å²) in [4.78, 5) is 24.9. The molecule has 0 fully saturated rings. The van der Waals surface area contributed by atoms with Crippen molar-refractivity contribution in [3.63, 3.8) is 0 Å². The highest BCUT2D eigenvalue weighted by Gasteiger charge is 2.19. The number of carbonyl (C=O) groups excluding carboxylic acids is 1. The van der Waals surface area contributed by atoms with Crippen LogP contribution in [0.5, 0.6) is 11.5 Å². The fourth-order valence-electron chi connectivity index (χ4n) is 2.85. The number of furan rings is 1. The maximum absolute atomic E-state index is 12.7. The molecule has 1 N–H and O–H groups in total. The second-order valence-electron chi connectivity index (χ2n) is 6.58. The van der Waals surface area contributed by atoms with E-state index < -0.39 is 6.04 Å². The fraction of sp³-hybridized carbons (Fsp3) is 0.0870. The van der Waals surface area contributed by atoms with Crippen LogP contribution in [0.2, 0.25) is 0 Å². The van der Waals surface area contributed by atoms with Gasteiger partial charge >= 0.3 is 0 Å². The van der Waals surface area contributed by atoms with E-state index in [1.165, 1.54) is 12.3 Å². The Kier molecular flexibility index (Phi) is 5.43. The van der Waals surface area contributed by atoms with Crippen LogP contribution in [0.25, 0.3) is 11.5 Å². The highest BCUT2D eigenvalue weighted by molar-refractivity contribution is 5.93. The van der Waals surface area contributed by atoms with Gasteiger partial charge in [-0.15, -0.1) is 0 Å². The Hall–Kier alpha value is -4.13. The molecule has 2 aromatic heterocycles. The first-order chi connectivity index (χ1) is 14.6. The summed E-state index contributed by atoms with van der Waals surface area (Å²) in [5, 5.41) is 7.06. The highest BCUT2D eigenvalue weighted by Crippen LogP contribution is 2.23. The summed E-state index contributed by atoms with van der Waals surface area (Å²) in [5.74, 6) is 1.53. The van der Waals surface area contributed by atoms with Gasteiger partial charge in [-0.25, -0.2) is 4.68 Å². The number of nitrogens with one attached hydrogen (secondary N) is 1. The van der Waals surface area contributed by atoms with Crippen molar-refractivity contribution in [2.45, 2.75) is 13.0 Å². The number of ether oxygens (including phenoxy) is 1. The molecule has 1 atom stereocenters. The van der Waals surface area contributed by atoms with Crippen molar-refractivity contribution in [1.82, 2.24) is 9.78 Å². The maximum atomic E-state index is 12.7. The van der Waals surface area contributed by atoms with E-state index in [1.54, 1.807) is 49.4 Å². The number of hydrogen-bond donors (Lipinski definition) is 1. The molecular formula is C23H19N3O4. The first kappa shape index (κ1) is 19.2.